The van der Waals surface area contributed by atoms with Crippen LogP contribution in [0.15, 0.2) is 48.5 Å². The maximum absolute atomic E-state index is 12.9. The Bertz CT molecular complexity index is 1280. The summed E-state index contributed by atoms with van der Waals surface area (Å²) in [5, 5.41) is 25.2. The van der Waals surface area contributed by atoms with E-state index in [9.17, 15) is 28.2 Å². The Morgan fingerprint density at radius 3 is 2.32 bits per heavy atom. The number of hydrogen-bond acceptors (Lipinski definition) is 9. The molecule has 4 rings (SSSR count). The monoisotopic (exact) mass is 574 g/mol. The van der Waals surface area contributed by atoms with Gasteiger partial charge in [0.05, 0.1) is 24.1 Å². The van der Waals surface area contributed by atoms with Crippen LogP contribution in [-0.2, 0) is 17.4 Å². The molecule has 10 nitrogen and oxygen atoms in total. The van der Waals surface area contributed by atoms with Crippen molar-refractivity contribution in [1.29, 1.82) is 0 Å². The van der Waals surface area contributed by atoms with E-state index in [0.717, 1.165) is 17.7 Å². The number of rotatable bonds is 12. The van der Waals surface area contributed by atoms with Gasteiger partial charge in [0.15, 0.2) is 0 Å². The van der Waals surface area contributed by atoms with E-state index in [1.54, 1.807) is 12.1 Å². The summed E-state index contributed by atoms with van der Waals surface area (Å²) in [6.45, 7) is 3.58. The zero-order valence-corrected chi connectivity index (χ0v) is 22.6. The highest BCUT2D eigenvalue weighted by Gasteiger charge is 2.30. The van der Waals surface area contributed by atoms with Crippen molar-refractivity contribution in [3.05, 3.63) is 59.7 Å². The Hall–Kier alpha value is -4.13. The fourth-order valence-electron chi connectivity index (χ4n) is 4.32. The van der Waals surface area contributed by atoms with Gasteiger partial charge >= 0.3 is 12.1 Å². The van der Waals surface area contributed by atoms with Crippen LogP contribution in [0.3, 0.4) is 0 Å². The fourth-order valence-corrected chi connectivity index (χ4v) is 4.32. The highest BCUT2D eigenvalue weighted by atomic mass is 19.4. The second kappa shape index (κ2) is 13.5. The van der Waals surface area contributed by atoms with Crippen LogP contribution in [0, 0.1) is 5.92 Å². The minimum absolute atomic E-state index is 0.159. The number of anilines is 4. The van der Waals surface area contributed by atoms with E-state index >= 15 is 0 Å². The van der Waals surface area contributed by atoms with Gasteiger partial charge in [0, 0.05) is 18.8 Å². The molecular formula is C28H33F3N6O4. The number of piperidine rings is 1. The van der Waals surface area contributed by atoms with Crippen molar-refractivity contribution in [2.24, 2.45) is 5.92 Å². The Balaban J connectivity index is 1.39. The van der Waals surface area contributed by atoms with Crippen molar-refractivity contribution >= 4 is 29.5 Å². The lowest BCUT2D eigenvalue weighted by atomic mass is 9.97. The summed E-state index contributed by atoms with van der Waals surface area (Å²) < 4.78 is 44.6. The minimum Gasteiger partial charge on any atom is -0.492 e. The average Bonchev–Trinajstić information content (AvgIpc) is 2.94. The molecule has 1 aliphatic rings. The van der Waals surface area contributed by atoms with Crippen molar-refractivity contribution < 1.29 is 32.9 Å². The van der Waals surface area contributed by atoms with Crippen LogP contribution < -0.4 is 20.3 Å². The molecule has 0 aliphatic carbocycles. The number of benzene rings is 2. The molecule has 0 bridgehead atoms. The van der Waals surface area contributed by atoms with E-state index in [1.807, 2.05) is 24.0 Å². The van der Waals surface area contributed by atoms with Crippen LogP contribution in [0.25, 0.3) is 0 Å². The first-order chi connectivity index (χ1) is 19.6. The molecule has 1 fully saturated rings. The smallest absolute Gasteiger partial charge is 0.416 e. The first-order valence-electron chi connectivity index (χ1n) is 13.4. The Morgan fingerprint density at radius 1 is 1.05 bits per heavy atom. The van der Waals surface area contributed by atoms with E-state index in [4.69, 9.17) is 4.74 Å². The summed E-state index contributed by atoms with van der Waals surface area (Å²) in [5.41, 5.74) is 0.546. The number of aliphatic hydroxyl groups is 1. The van der Waals surface area contributed by atoms with Gasteiger partial charge in [0.2, 0.25) is 17.8 Å². The standard InChI is InChI=1S/C28H33F3N6O4/c1-2-19(24(39)40)17-18-3-9-23(10-4-18)41-16-13-32-25-34-26(33-21-7-5-20(6-8-21)28(29,30)31)36-27(35-25)37-14-11-22(38)12-15-37/h3-10,19,22,38H,2,11-17H2,1H3,(H,39,40)(H2,32,33,34,35,36). The second-order valence-corrected chi connectivity index (χ2v) is 9.77. The highest BCUT2D eigenvalue weighted by Crippen LogP contribution is 2.30. The third-order valence-electron chi connectivity index (χ3n) is 6.74. The Kier molecular flexibility index (Phi) is 9.82. The lowest BCUT2D eigenvalue weighted by Crippen LogP contribution is -2.37. The van der Waals surface area contributed by atoms with E-state index < -0.39 is 23.6 Å². The number of hydrogen-bond donors (Lipinski definition) is 4. The molecule has 1 unspecified atom stereocenters. The molecule has 0 amide bonds. The maximum atomic E-state index is 12.9. The van der Waals surface area contributed by atoms with Crippen molar-refractivity contribution in [2.75, 3.05) is 41.8 Å². The summed E-state index contributed by atoms with van der Waals surface area (Å²) in [4.78, 5) is 26.5. The van der Waals surface area contributed by atoms with E-state index in [0.29, 0.717) is 62.7 Å². The number of carbonyl (C=O) groups is 1. The van der Waals surface area contributed by atoms with Crippen LogP contribution in [-0.4, -0.2) is 63.5 Å². The number of aliphatic carboxylic acids is 1. The molecule has 1 atom stereocenters. The highest BCUT2D eigenvalue weighted by molar-refractivity contribution is 5.70. The van der Waals surface area contributed by atoms with Gasteiger partial charge < -0.3 is 30.5 Å². The summed E-state index contributed by atoms with van der Waals surface area (Å²) in [6, 6.07) is 11.9. The summed E-state index contributed by atoms with van der Waals surface area (Å²) in [6.07, 6.45) is -2.67. The molecule has 4 N–H and O–H groups in total. The predicted octanol–water partition coefficient (Wildman–Crippen LogP) is 4.74. The quantitative estimate of drug-likeness (QED) is 0.225. The van der Waals surface area contributed by atoms with E-state index in [2.05, 4.69) is 25.6 Å². The van der Waals surface area contributed by atoms with Crippen molar-refractivity contribution in [3.8, 4) is 5.75 Å². The molecule has 1 aromatic heterocycles. The van der Waals surface area contributed by atoms with Crippen molar-refractivity contribution in [1.82, 2.24) is 15.0 Å². The summed E-state index contributed by atoms with van der Waals surface area (Å²) in [7, 11) is 0. The van der Waals surface area contributed by atoms with Crippen molar-refractivity contribution in [3.63, 3.8) is 0 Å². The lowest BCUT2D eigenvalue weighted by Gasteiger charge is -2.29. The van der Waals surface area contributed by atoms with E-state index in [-0.39, 0.29) is 24.6 Å². The molecule has 220 valence electrons. The van der Waals surface area contributed by atoms with Gasteiger partial charge in [-0.2, -0.15) is 28.1 Å². The molecule has 41 heavy (non-hydrogen) atoms. The van der Waals surface area contributed by atoms with Crippen LogP contribution in [0.5, 0.6) is 5.75 Å². The lowest BCUT2D eigenvalue weighted by molar-refractivity contribution is -0.141. The van der Waals surface area contributed by atoms with Gasteiger partial charge in [0.1, 0.15) is 12.4 Å². The largest absolute Gasteiger partial charge is 0.492 e. The van der Waals surface area contributed by atoms with Gasteiger partial charge in [-0.3, -0.25) is 4.79 Å². The third kappa shape index (κ3) is 8.68. The van der Waals surface area contributed by atoms with Crippen LogP contribution in [0.1, 0.15) is 37.3 Å². The molecule has 0 radical (unpaired) electrons. The number of nitrogens with zero attached hydrogens (tertiary/aromatic N) is 4. The normalized spacial score (nSPS) is 14.9. The zero-order valence-electron chi connectivity index (χ0n) is 22.6. The Morgan fingerprint density at radius 2 is 1.71 bits per heavy atom. The molecule has 3 aromatic rings. The molecule has 2 aromatic carbocycles. The Labute approximate surface area is 235 Å². The first kappa shape index (κ1) is 29.8. The fraction of sp³-hybridized carbons (Fsp3) is 0.429. The second-order valence-electron chi connectivity index (χ2n) is 9.77. The van der Waals surface area contributed by atoms with Crippen LogP contribution in [0.2, 0.25) is 0 Å². The summed E-state index contributed by atoms with van der Waals surface area (Å²) >= 11 is 0. The van der Waals surface area contributed by atoms with Crippen molar-refractivity contribution in [2.45, 2.75) is 44.9 Å². The third-order valence-corrected chi connectivity index (χ3v) is 6.74. The zero-order chi connectivity index (χ0) is 29.4. The average molecular weight is 575 g/mol. The number of alkyl halides is 3. The van der Waals surface area contributed by atoms with Crippen LogP contribution >= 0.6 is 0 Å². The maximum Gasteiger partial charge on any atom is 0.416 e. The van der Waals surface area contributed by atoms with E-state index in [1.165, 1.54) is 12.1 Å². The SMILES string of the molecule is CCC(Cc1ccc(OCCNc2nc(Nc3ccc(C(F)(F)F)cc3)nc(N3CCC(O)CC3)n2)cc1)C(=O)O. The number of aromatic nitrogens is 3. The molecule has 1 saturated heterocycles. The molecule has 2 heterocycles. The molecule has 13 heteroatoms. The van der Waals surface area contributed by atoms with Gasteiger partial charge in [-0.25, -0.2) is 0 Å². The van der Waals surface area contributed by atoms with Gasteiger partial charge in [-0.15, -0.1) is 0 Å². The topological polar surface area (TPSA) is 133 Å². The van der Waals surface area contributed by atoms with Gasteiger partial charge in [-0.1, -0.05) is 19.1 Å². The number of ether oxygens (including phenoxy) is 1. The number of halogens is 3. The number of nitrogens with one attached hydrogen (secondary N) is 2. The predicted molar refractivity (Wildman–Crippen MR) is 148 cm³/mol. The van der Waals surface area contributed by atoms with Gasteiger partial charge in [0.25, 0.3) is 0 Å². The minimum atomic E-state index is -4.43. The number of carboxylic acids is 1. The van der Waals surface area contributed by atoms with Gasteiger partial charge in [-0.05, 0) is 67.6 Å². The summed E-state index contributed by atoms with van der Waals surface area (Å²) in [5.74, 6) is 0.195. The first-order valence-corrected chi connectivity index (χ1v) is 13.4. The number of carboxylic acid groups (broad SMARTS) is 1. The number of aliphatic hydroxyl groups excluding tert-OH is 1. The van der Waals surface area contributed by atoms with Crippen LogP contribution in [0.4, 0.5) is 36.7 Å². The molecular weight excluding hydrogens is 541 g/mol. The molecule has 0 spiro atoms. The molecule has 1 aliphatic heterocycles. The molecule has 0 saturated carbocycles.